The Morgan fingerprint density at radius 2 is 2.06 bits per heavy atom. The van der Waals surface area contributed by atoms with Crippen molar-refractivity contribution in [3.8, 4) is 0 Å². The molecule has 1 saturated carbocycles. The van der Waals surface area contributed by atoms with Crippen LogP contribution in [0.4, 0.5) is 0 Å². The average Bonchev–Trinajstić information content (AvgIpc) is 2.67. The maximum atomic E-state index is 3.67. The second-order valence-corrected chi connectivity index (χ2v) is 6.87. The first kappa shape index (κ1) is 12.6. The summed E-state index contributed by atoms with van der Waals surface area (Å²) in [6.45, 7) is 2.44. The van der Waals surface area contributed by atoms with Crippen molar-refractivity contribution in [1.82, 2.24) is 5.32 Å². The van der Waals surface area contributed by atoms with E-state index in [9.17, 15) is 0 Å². The Hall–Kier alpha value is 0.140. The molecule has 1 aliphatic carbocycles. The normalized spacial score (nSPS) is 21.9. The zero-order valence-electron chi connectivity index (χ0n) is 10.1. The van der Waals surface area contributed by atoms with Crippen LogP contribution < -0.4 is 5.32 Å². The van der Waals surface area contributed by atoms with Crippen LogP contribution in [0.3, 0.4) is 0 Å². The van der Waals surface area contributed by atoms with E-state index >= 15 is 0 Å². The summed E-state index contributed by atoms with van der Waals surface area (Å²) in [7, 11) is 2.09. The van der Waals surface area contributed by atoms with E-state index in [-0.39, 0.29) is 0 Å². The second kappa shape index (κ2) is 5.19. The first-order valence-corrected chi connectivity index (χ1v) is 7.75. The summed E-state index contributed by atoms with van der Waals surface area (Å²) in [5.74, 6) is 0. The topological polar surface area (TPSA) is 12.0 Å². The molecule has 0 radical (unpaired) electrons. The largest absolute Gasteiger partial charge is 0.312 e. The Balaban J connectivity index is 2.24. The van der Waals surface area contributed by atoms with Gasteiger partial charge in [-0.25, -0.2) is 0 Å². The number of thiophene rings is 1. The lowest BCUT2D eigenvalue weighted by molar-refractivity contribution is 0.152. The third-order valence-corrected chi connectivity index (χ3v) is 5.82. The van der Waals surface area contributed by atoms with Crippen LogP contribution in [0.25, 0.3) is 0 Å². The quantitative estimate of drug-likeness (QED) is 0.850. The van der Waals surface area contributed by atoms with Gasteiger partial charge in [-0.05, 0) is 52.7 Å². The van der Waals surface area contributed by atoms with Crippen LogP contribution >= 0.6 is 27.3 Å². The molecular weight excluding hydrogens is 282 g/mol. The molecule has 1 aliphatic rings. The monoisotopic (exact) mass is 301 g/mol. The van der Waals surface area contributed by atoms with Gasteiger partial charge in [-0.2, -0.15) is 0 Å². The van der Waals surface area contributed by atoms with Gasteiger partial charge >= 0.3 is 0 Å². The molecule has 16 heavy (non-hydrogen) atoms. The molecule has 3 heteroatoms. The van der Waals surface area contributed by atoms with Crippen molar-refractivity contribution >= 4 is 27.3 Å². The minimum absolute atomic E-state index is 0.431. The van der Waals surface area contributed by atoms with E-state index in [2.05, 4.69) is 46.7 Å². The van der Waals surface area contributed by atoms with Crippen LogP contribution in [-0.2, 0) is 0 Å². The zero-order valence-corrected chi connectivity index (χ0v) is 12.5. The molecule has 1 aromatic rings. The third-order valence-electron chi connectivity index (χ3n) is 3.89. The number of hydrogen-bond donors (Lipinski definition) is 1. The van der Waals surface area contributed by atoms with Gasteiger partial charge in [-0.15, -0.1) is 11.3 Å². The van der Waals surface area contributed by atoms with Crippen molar-refractivity contribution in [2.75, 3.05) is 7.05 Å². The highest BCUT2D eigenvalue weighted by Crippen LogP contribution is 2.48. The number of hydrogen-bond acceptors (Lipinski definition) is 2. The fourth-order valence-electron chi connectivity index (χ4n) is 2.96. The van der Waals surface area contributed by atoms with Gasteiger partial charge < -0.3 is 5.32 Å². The van der Waals surface area contributed by atoms with Crippen molar-refractivity contribution in [2.24, 2.45) is 5.41 Å². The summed E-state index contributed by atoms with van der Waals surface area (Å²) in [4.78, 5) is 1.46. The van der Waals surface area contributed by atoms with E-state index in [4.69, 9.17) is 0 Å². The molecule has 0 aliphatic heterocycles. The fourth-order valence-corrected chi connectivity index (χ4v) is 4.84. The number of rotatable bonds is 3. The Labute approximate surface area is 111 Å². The minimum atomic E-state index is 0.431. The molecule has 1 fully saturated rings. The van der Waals surface area contributed by atoms with E-state index < -0.39 is 0 Å². The van der Waals surface area contributed by atoms with Crippen molar-refractivity contribution in [2.45, 2.75) is 45.1 Å². The molecule has 1 aromatic heterocycles. The summed E-state index contributed by atoms with van der Waals surface area (Å²) >= 11 is 5.53. The molecule has 1 heterocycles. The van der Waals surface area contributed by atoms with Crippen molar-refractivity contribution in [3.05, 3.63) is 20.8 Å². The third kappa shape index (κ3) is 2.36. The predicted octanol–water partition coefficient (Wildman–Crippen LogP) is 4.74. The Morgan fingerprint density at radius 1 is 1.38 bits per heavy atom. The Kier molecular flexibility index (Phi) is 4.09. The first-order valence-electron chi connectivity index (χ1n) is 6.07. The van der Waals surface area contributed by atoms with Gasteiger partial charge in [-0.1, -0.05) is 26.2 Å². The van der Waals surface area contributed by atoms with E-state index in [0.29, 0.717) is 11.5 Å². The predicted molar refractivity (Wildman–Crippen MR) is 75.0 cm³/mol. The van der Waals surface area contributed by atoms with Gasteiger partial charge in [0.25, 0.3) is 0 Å². The summed E-state index contributed by atoms with van der Waals surface area (Å²) in [5.41, 5.74) is 0.431. The lowest BCUT2D eigenvalue weighted by Crippen LogP contribution is -2.35. The zero-order chi connectivity index (χ0) is 11.6. The van der Waals surface area contributed by atoms with Crippen molar-refractivity contribution < 1.29 is 0 Å². The minimum Gasteiger partial charge on any atom is -0.312 e. The molecule has 2 rings (SSSR count). The molecule has 0 spiro atoms. The molecule has 1 atom stereocenters. The first-order chi connectivity index (χ1) is 7.67. The van der Waals surface area contributed by atoms with Gasteiger partial charge in [0.15, 0.2) is 0 Å². The summed E-state index contributed by atoms with van der Waals surface area (Å²) < 4.78 is 1.27. The van der Waals surface area contributed by atoms with E-state index in [1.807, 2.05) is 11.3 Å². The van der Waals surface area contributed by atoms with Gasteiger partial charge in [0.2, 0.25) is 0 Å². The van der Waals surface area contributed by atoms with Gasteiger partial charge in [-0.3, -0.25) is 0 Å². The molecule has 1 N–H and O–H groups in total. The SMILES string of the molecule is CNC(c1sccc1Br)C1(C)CCCCC1. The molecule has 1 nitrogen and oxygen atoms in total. The molecule has 0 aromatic carbocycles. The highest BCUT2D eigenvalue weighted by molar-refractivity contribution is 9.10. The van der Waals surface area contributed by atoms with E-state index in [0.717, 1.165) is 0 Å². The Morgan fingerprint density at radius 3 is 2.56 bits per heavy atom. The average molecular weight is 302 g/mol. The molecule has 0 bridgehead atoms. The van der Waals surface area contributed by atoms with Crippen LogP contribution in [0.1, 0.15) is 49.9 Å². The molecule has 0 amide bonds. The van der Waals surface area contributed by atoms with Crippen LogP contribution in [0.15, 0.2) is 15.9 Å². The van der Waals surface area contributed by atoms with E-state index in [1.54, 1.807) is 0 Å². The molecular formula is C13H20BrNS. The smallest absolute Gasteiger partial charge is 0.0478 e. The molecule has 0 saturated heterocycles. The molecule has 1 unspecified atom stereocenters. The fraction of sp³-hybridized carbons (Fsp3) is 0.692. The van der Waals surface area contributed by atoms with Gasteiger partial charge in [0.1, 0.15) is 0 Å². The summed E-state index contributed by atoms with van der Waals surface area (Å²) in [6, 6.07) is 2.67. The van der Waals surface area contributed by atoms with Crippen LogP contribution in [0.5, 0.6) is 0 Å². The van der Waals surface area contributed by atoms with E-state index in [1.165, 1.54) is 41.5 Å². The summed E-state index contributed by atoms with van der Waals surface area (Å²) in [5, 5.41) is 5.71. The molecule has 90 valence electrons. The lowest BCUT2D eigenvalue weighted by atomic mass is 9.70. The standard InChI is InChI=1S/C13H20BrNS/c1-13(7-4-3-5-8-13)12(15-2)11-10(14)6-9-16-11/h6,9,12,15H,3-5,7-8H2,1-2H3. The number of nitrogens with one attached hydrogen (secondary N) is 1. The Bertz CT molecular complexity index is 341. The maximum Gasteiger partial charge on any atom is 0.0478 e. The van der Waals surface area contributed by atoms with Gasteiger partial charge in [0.05, 0.1) is 0 Å². The second-order valence-electron chi connectivity index (χ2n) is 5.07. The highest BCUT2D eigenvalue weighted by Gasteiger charge is 2.36. The van der Waals surface area contributed by atoms with Crippen molar-refractivity contribution in [3.63, 3.8) is 0 Å². The van der Waals surface area contributed by atoms with Gasteiger partial charge in [0, 0.05) is 15.4 Å². The number of halogens is 1. The van der Waals surface area contributed by atoms with Crippen molar-refractivity contribution in [1.29, 1.82) is 0 Å². The van der Waals surface area contributed by atoms with Crippen LogP contribution in [0, 0.1) is 5.41 Å². The van der Waals surface area contributed by atoms with Crippen LogP contribution in [-0.4, -0.2) is 7.05 Å². The van der Waals surface area contributed by atoms with Crippen LogP contribution in [0.2, 0.25) is 0 Å². The highest BCUT2D eigenvalue weighted by atomic mass is 79.9. The maximum absolute atomic E-state index is 3.67. The summed E-state index contributed by atoms with van der Waals surface area (Å²) in [6.07, 6.45) is 6.89. The lowest BCUT2D eigenvalue weighted by Gasteiger charge is -2.40.